The van der Waals surface area contributed by atoms with E-state index in [0.29, 0.717) is 0 Å². The van der Waals surface area contributed by atoms with Crippen molar-refractivity contribution >= 4 is 155 Å². The maximum Gasteiger partial charge on any atom is 0.496 e. The first kappa shape index (κ1) is 87.3. The normalized spacial score (nSPS) is 14.2. The van der Waals surface area contributed by atoms with E-state index in [1.54, 1.807) is 0 Å². The minimum Gasteiger partial charge on any atom is -0.399 e. The summed E-state index contributed by atoms with van der Waals surface area (Å²) in [5.74, 6) is 2.81. The molecule has 0 radical (unpaired) electrons. The Morgan fingerprint density at radius 2 is 0.390 bits per heavy atom. The summed E-state index contributed by atoms with van der Waals surface area (Å²) in [6, 6.07) is 163. The smallest absolute Gasteiger partial charge is 0.399 e. The first-order chi connectivity index (χ1) is 69.0. The third kappa shape index (κ3) is 15.2. The van der Waals surface area contributed by atoms with Crippen LogP contribution in [-0.2, 0) is 18.6 Å². The van der Waals surface area contributed by atoms with Gasteiger partial charge in [0, 0.05) is 33.8 Å². The van der Waals surface area contributed by atoms with Crippen molar-refractivity contribution in [2.24, 2.45) is 0 Å². The molecule has 0 bridgehead atoms. The Bertz CT molecular complexity index is 8720. The lowest BCUT2D eigenvalue weighted by atomic mass is 9.71. The number of fused-ring (bicyclic) bond motifs is 12. The van der Waals surface area contributed by atoms with Crippen LogP contribution in [0.5, 0.6) is 0 Å². The second kappa shape index (κ2) is 35.5. The molecule has 141 heavy (non-hydrogen) atoms. The summed E-state index contributed by atoms with van der Waals surface area (Å²) < 4.78 is 33.0. The van der Waals surface area contributed by atoms with Crippen LogP contribution >= 0.6 is 0 Å². The highest BCUT2D eigenvalue weighted by Gasteiger charge is 2.54. The predicted molar refractivity (Wildman–Crippen MR) is 591 cm³/mol. The molecule has 2 saturated heterocycles. The molecule has 0 spiro atoms. The van der Waals surface area contributed by atoms with E-state index in [9.17, 15) is 0 Å². The van der Waals surface area contributed by atoms with E-state index in [4.69, 9.17) is 33.6 Å². The molecule has 2 aliphatic heterocycles. The summed E-state index contributed by atoms with van der Waals surface area (Å²) in [6.07, 6.45) is 0. The molecule has 2 aliphatic rings. The van der Waals surface area contributed by atoms with Gasteiger partial charge in [-0.2, -0.15) is 0 Å². The zero-order chi connectivity index (χ0) is 95.2. The molecule has 0 amide bonds. The number of nitrogens with zero attached hydrogens (tertiary/aromatic N) is 6. The SMILES string of the molecule is CC1(C)OB(c2c3ccccc3c(-c3ccc4ccccc4c3)c3ccccc23)OC1(C)C.CC1(C)OB(c2c3ccccc3c(-c3ccccc3)c3ccccc23)OC1(C)C.c1ccc(-c2c3ccccc3c(-c3nc4ccccc4n3-c3ccccc3)c3ccccc23)cc1.c1ccc(-n2c(-c3c4ccccc4c(-c4nc5ccccc5n4-c4ccccc4)c4ccccc34)nc3ccccc32)cc1. The third-order valence-corrected chi connectivity index (χ3v) is 29.3. The fourth-order valence-electron chi connectivity index (χ4n) is 21.3. The van der Waals surface area contributed by atoms with Crippen LogP contribution in [-0.4, -0.2) is 65.3 Å². The van der Waals surface area contributed by atoms with E-state index in [2.05, 4.69) is 530 Å². The maximum atomic E-state index is 6.55. The molecule has 25 aromatic rings. The van der Waals surface area contributed by atoms with Crippen molar-refractivity contribution in [3.63, 3.8) is 0 Å². The quantitative estimate of drug-likeness (QED) is 0.0941. The molecule has 0 unspecified atom stereocenters. The lowest BCUT2D eigenvalue weighted by Crippen LogP contribution is -2.41. The summed E-state index contributed by atoms with van der Waals surface area (Å²) >= 11 is 0. The Morgan fingerprint density at radius 3 is 0.667 bits per heavy atom. The van der Waals surface area contributed by atoms with Crippen LogP contribution in [0.4, 0.5) is 0 Å². The number of para-hydroxylation sites is 9. The van der Waals surface area contributed by atoms with Crippen LogP contribution in [0.15, 0.2) is 461 Å². The Morgan fingerprint density at radius 1 is 0.184 bits per heavy atom. The van der Waals surface area contributed by atoms with Crippen LogP contribution in [0, 0.1) is 0 Å². The molecule has 3 aromatic heterocycles. The van der Waals surface area contributed by atoms with E-state index in [1.807, 2.05) is 0 Å². The number of imidazole rings is 3. The molecule has 2 fully saturated rings. The molecule has 27 rings (SSSR count). The standard InChI is InChI=1S/C40H26N4.C33H22N2.C30H27BO2.C26H25BO2/c1-3-15-27(16-4-1)43-35-25-13-11-23-33(35)41-39(43)37-29-19-7-9-21-31(29)38(32-22-10-8-20-30(32)37)40-42-34-24-12-14-26-36(34)44(40)28-17-5-2-6-18-28;1-3-13-23(14-4-1)31-25-17-7-9-19-27(25)32(28-20-10-8-18-26(28)31)33-34-29-21-11-12-22-30(29)35(33)24-15-5-2-6-16-24;1-29(2)30(3,4)33-31(32-29)28-25-15-9-7-13-23(25)27(24-14-8-10-16-26(24)28)22-18-17-20-11-5-6-12-21(20)19-22;1-25(2)26(3,4)29-27(28-25)24-21-16-10-8-14-19(21)23(18-12-6-5-7-13-18)20-15-9-11-17-22(20)24/h1-26H;1-22H;5-19H,1-4H3;5-17H,1-4H3. The van der Waals surface area contributed by atoms with Gasteiger partial charge in [0.2, 0.25) is 0 Å². The lowest BCUT2D eigenvalue weighted by molar-refractivity contribution is 0.00578. The average molecular weight is 1820 g/mol. The van der Waals surface area contributed by atoms with Gasteiger partial charge in [-0.1, -0.05) is 382 Å². The molecular weight excluding hydrogens is 1720 g/mol. The second-order valence-electron chi connectivity index (χ2n) is 38.7. The van der Waals surface area contributed by atoms with Gasteiger partial charge in [0.05, 0.1) is 55.5 Å². The van der Waals surface area contributed by atoms with Crippen molar-refractivity contribution in [2.45, 2.75) is 77.8 Å². The highest BCUT2D eigenvalue weighted by atomic mass is 16.7. The van der Waals surface area contributed by atoms with Crippen molar-refractivity contribution in [1.82, 2.24) is 28.7 Å². The monoisotopic (exact) mass is 1820 g/mol. The van der Waals surface area contributed by atoms with E-state index >= 15 is 0 Å². The number of hydrogen-bond acceptors (Lipinski definition) is 7. The fourth-order valence-corrected chi connectivity index (χ4v) is 21.3. The van der Waals surface area contributed by atoms with E-state index in [-0.39, 0.29) is 11.2 Å². The van der Waals surface area contributed by atoms with Crippen molar-refractivity contribution in [1.29, 1.82) is 0 Å². The topological polar surface area (TPSA) is 90.4 Å². The minimum atomic E-state index is -0.421. The van der Waals surface area contributed by atoms with Gasteiger partial charge in [0.25, 0.3) is 0 Å². The molecule has 10 nitrogen and oxygen atoms in total. The molecule has 0 N–H and O–H groups in total. The Balaban J connectivity index is 0.000000103. The third-order valence-electron chi connectivity index (χ3n) is 29.3. The first-order valence-electron chi connectivity index (χ1n) is 48.7. The van der Waals surface area contributed by atoms with Crippen LogP contribution in [0.3, 0.4) is 0 Å². The number of benzene rings is 22. The zero-order valence-electron chi connectivity index (χ0n) is 79.8. The van der Waals surface area contributed by atoms with Crippen LogP contribution in [0.1, 0.15) is 55.4 Å². The van der Waals surface area contributed by atoms with Crippen LogP contribution < -0.4 is 10.9 Å². The largest absolute Gasteiger partial charge is 0.496 e. The summed E-state index contributed by atoms with van der Waals surface area (Å²) in [4.78, 5) is 15.8. The van der Waals surface area contributed by atoms with Gasteiger partial charge in [-0.25, -0.2) is 15.0 Å². The van der Waals surface area contributed by atoms with Crippen LogP contribution in [0.25, 0.3) is 215 Å². The van der Waals surface area contributed by atoms with E-state index in [0.717, 1.165) is 117 Å². The number of hydrogen-bond donors (Lipinski definition) is 0. The highest BCUT2D eigenvalue weighted by Crippen LogP contribution is 2.50. The lowest BCUT2D eigenvalue weighted by Gasteiger charge is -2.32. The van der Waals surface area contributed by atoms with Gasteiger partial charge in [0.1, 0.15) is 17.5 Å². The van der Waals surface area contributed by atoms with E-state index in [1.165, 1.54) is 109 Å². The van der Waals surface area contributed by atoms with Gasteiger partial charge in [-0.3, -0.25) is 13.7 Å². The Hall–Kier alpha value is -16.4. The average Bonchev–Trinajstić information content (AvgIpc) is 1.57. The molecule has 0 saturated carbocycles. The van der Waals surface area contributed by atoms with Crippen molar-refractivity contribution in [3.05, 3.63) is 461 Å². The molecule has 5 heterocycles. The molecule has 22 aromatic carbocycles. The molecular formula is C129H100B2N6O4. The minimum absolute atomic E-state index is 0.377. The van der Waals surface area contributed by atoms with Gasteiger partial charge in [-0.05, 0) is 276 Å². The predicted octanol–water partition coefficient (Wildman–Crippen LogP) is 31.7. The van der Waals surface area contributed by atoms with Crippen molar-refractivity contribution in [3.8, 4) is 84.6 Å². The van der Waals surface area contributed by atoms with Crippen molar-refractivity contribution in [2.75, 3.05) is 0 Å². The van der Waals surface area contributed by atoms with E-state index < -0.39 is 25.4 Å². The summed E-state index contributed by atoms with van der Waals surface area (Å²) in [5.41, 5.74) is 21.0. The van der Waals surface area contributed by atoms with Crippen LogP contribution in [0.2, 0.25) is 0 Å². The first-order valence-corrected chi connectivity index (χ1v) is 48.7. The molecule has 12 heteroatoms. The highest BCUT2D eigenvalue weighted by molar-refractivity contribution is 6.69. The summed E-state index contributed by atoms with van der Waals surface area (Å²) in [6.45, 7) is 16.9. The Kier molecular flexibility index (Phi) is 22.0. The number of rotatable bonds is 11. The fraction of sp³-hybridized carbons (Fsp3) is 0.0930. The Labute approximate surface area is 820 Å². The molecule has 676 valence electrons. The second-order valence-corrected chi connectivity index (χ2v) is 38.7. The summed E-state index contributed by atoms with van der Waals surface area (Å²) in [5, 5.41) is 21.6. The van der Waals surface area contributed by atoms with Crippen molar-refractivity contribution < 1.29 is 18.6 Å². The molecule has 0 aliphatic carbocycles. The van der Waals surface area contributed by atoms with Gasteiger partial charge in [-0.15, -0.1) is 0 Å². The maximum absolute atomic E-state index is 6.55. The van der Waals surface area contributed by atoms with Gasteiger partial charge >= 0.3 is 14.2 Å². The zero-order valence-corrected chi connectivity index (χ0v) is 79.8. The summed E-state index contributed by atoms with van der Waals surface area (Å²) in [7, 11) is -0.824. The van der Waals surface area contributed by atoms with Gasteiger partial charge < -0.3 is 18.6 Å². The molecule has 0 atom stereocenters. The number of aromatic nitrogens is 6. The van der Waals surface area contributed by atoms with Gasteiger partial charge in [0.15, 0.2) is 0 Å².